The van der Waals surface area contributed by atoms with Gasteiger partial charge in [0.05, 0.1) is 17.8 Å². The topological polar surface area (TPSA) is 84.5 Å². The van der Waals surface area contributed by atoms with Crippen molar-refractivity contribution in [2.45, 2.75) is 6.54 Å². The summed E-state index contributed by atoms with van der Waals surface area (Å²) in [6, 6.07) is 17.4. The molecule has 0 saturated carbocycles. The zero-order chi connectivity index (χ0) is 22.1. The molecule has 3 rings (SSSR count). The van der Waals surface area contributed by atoms with Gasteiger partial charge in [-0.2, -0.15) is 5.26 Å². The van der Waals surface area contributed by atoms with Crippen LogP contribution in [0.25, 0.3) is 6.08 Å². The standard InChI is InChI=1S/C23H18Cl2N2O4/c24-18-4-6-19(7-5-18)30-10-11-31-22-8-3-16(13-21(22)25)12-17(14-26)23(28)27-15-20-2-1-9-29-20/h1-9,12-13H,10-11,15H2,(H,27,28). The first-order valence-electron chi connectivity index (χ1n) is 9.28. The van der Waals surface area contributed by atoms with E-state index in [1.165, 1.54) is 12.3 Å². The predicted octanol–water partition coefficient (Wildman–Crippen LogP) is 5.27. The Kier molecular flexibility index (Phi) is 7.99. The Labute approximate surface area is 189 Å². The lowest BCUT2D eigenvalue weighted by atomic mass is 10.1. The van der Waals surface area contributed by atoms with E-state index in [2.05, 4.69) is 5.32 Å². The molecular formula is C23H18Cl2N2O4. The van der Waals surface area contributed by atoms with Gasteiger partial charge in [0, 0.05) is 5.02 Å². The van der Waals surface area contributed by atoms with Crippen molar-refractivity contribution in [1.82, 2.24) is 5.32 Å². The van der Waals surface area contributed by atoms with Crippen LogP contribution in [0.2, 0.25) is 10.0 Å². The van der Waals surface area contributed by atoms with Crippen molar-refractivity contribution in [2.24, 2.45) is 0 Å². The van der Waals surface area contributed by atoms with E-state index in [-0.39, 0.29) is 18.7 Å². The van der Waals surface area contributed by atoms with Gasteiger partial charge in [-0.25, -0.2) is 0 Å². The molecule has 0 aliphatic heterocycles. The molecule has 31 heavy (non-hydrogen) atoms. The largest absolute Gasteiger partial charge is 0.490 e. The van der Waals surface area contributed by atoms with Gasteiger partial charge < -0.3 is 19.2 Å². The zero-order valence-corrected chi connectivity index (χ0v) is 17.8. The number of nitriles is 1. The molecule has 8 heteroatoms. The van der Waals surface area contributed by atoms with Crippen LogP contribution in [0.3, 0.4) is 0 Å². The van der Waals surface area contributed by atoms with Crippen LogP contribution in [0.1, 0.15) is 11.3 Å². The lowest BCUT2D eigenvalue weighted by Crippen LogP contribution is -2.23. The quantitative estimate of drug-likeness (QED) is 0.269. The van der Waals surface area contributed by atoms with Crippen LogP contribution in [-0.2, 0) is 11.3 Å². The Bertz CT molecular complexity index is 1090. The number of benzene rings is 2. The fraction of sp³-hybridized carbons (Fsp3) is 0.130. The van der Waals surface area contributed by atoms with E-state index in [1.54, 1.807) is 54.6 Å². The number of carbonyl (C=O) groups excluding carboxylic acids is 1. The normalized spacial score (nSPS) is 10.9. The monoisotopic (exact) mass is 456 g/mol. The molecular weight excluding hydrogens is 439 g/mol. The Morgan fingerprint density at radius 3 is 2.55 bits per heavy atom. The molecule has 0 bridgehead atoms. The number of ether oxygens (including phenoxy) is 2. The summed E-state index contributed by atoms with van der Waals surface area (Å²) in [5, 5.41) is 12.9. The van der Waals surface area contributed by atoms with Crippen molar-refractivity contribution >= 4 is 35.2 Å². The van der Waals surface area contributed by atoms with Gasteiger partial charge in [-0.3, -0.25) is 4.79 Å². The first-order valence-corrected chi connectivity index (χ1v) is 10.0. The first kappa shape index (κ1) is 22.3. The van der Waals surface area contributed by atoms with Crippen LogP contribution in [0.4, 0.5) is 0 Å². The zero-order valence-electron chi connectivity index (χ0n) is 16.3. The van der Waals surface area contributed by atoms with Crippen LogP contribution >= 0.6 is 23.2 Å². The van der Waals surface area contributed by atoms with Crippen LogP contribution in [0, 0.1) is 11.3 Å². The van der Waals surface area contributed by atoms with Crippen molar-refractivity contribution in [3.63, 3.8) is 0 Å². The predicted molar refractivity (Wildman–Crippen MR) is 118 cm³/mol. The third-order valence-corrected chi connectivity index (χ3v) is 4.61. The van der Waals surface area contributed by atoms with Gasteiger partial charge in [0.15, 0.2) is 0 Å². The average molecular weight is 457 g/mol. The smallest absolute Gasteiger partial charge is 0.262 e. The van der Waals surface area contributed by atoms with Crippen LogP contribution < -0.4 is 14.8 Å². The first-order chi connectivity index (χ1) is 15.0. The molecule has 0 aliphatic carbocycles. The molecule has 0 aliphatic rings. The van der Waals surface area contributed by atoms with Crippen LogP contribution in [0.5, 0.6) is 11.5 Å². The van der Waals surface area contributed by atoms with Crippen molar-refractivity contribution < 1.29 is 18.7 Å². The van der Waals surface area contributed by atoms with Gasteiger partial charge in [-0.05, 0) is 60.2 Å². The lowest BCUT2D eigenvalue weighted by Gasteiger charge is -2.10. The number of rotatable bonds is 9. The molecule has 1 heterocycles. The van der Waals surface area contributed by atoms with Gasteiger partial charge >= 0.3 is 0 Å². The third kappa shape index (κ3) is 6.82. The number of amides is 1. The molecule has 0 spiro atoms. The molecule has 0 unspecified atom stereocenters. The van der Waals surface area contributed by atoms with Gasteiger partial charge in [-0.1, -0.05) is 29.3 Å². The molecule has 1 aromatic heterocycles. The van der Waals surface area contributed by atoms with Gasteiger partial charge in [-0.15, -0.1) is 0 Å². The van der Waals surface area contributed by atoms with Crippen molar-refractivity contribution in [1.29, 1.82) is 5.26 Å². The molecule has 0 radical (unpaired) electrons. The summed E-state index contributed by atoms with van der Waals surface area (Å²) in [4.78, 5) is 12.2. The van der Waals surface area contributed by atoms with E-state index in [4.69, 9.17) is 37.1 Å². The maximum atomic E-state index is 12.2. The Hall–Kier alpha value is -3.40. The summed E-state index contributed by atoms with van der Waals surface area (Å²) in [7, 11) is 0. The fourth-order valence-electron chi connectivity index (χ4n) is 2.56. The molecule has 0 fully saturated rings. The SMILES string of the molecule is N#CC(=Cc1ccc(OCCOc2ccc(Cl)cc2)c(Cl)c1)C(=O)NCc1ccco1. The van der Waals surface area contributed by atoms with E-state index < -0.39 is 5.91 Å². The summed E-state index contributed by atoms with van der Waals surface area (Å²) >= 11 is 12.1. The number of nitrogens with one attached hydrogen (secondary N) is 1. The Morgan fingerprint density at radius 1 is 1.10 bits per heavy atom. The molecule has 6 nitrogen and oxygen atoms in total. The second kappa shape index (κ2) is 11.1. The molecule has 158 valence electrons. The molecule has 3 aromatic rings. The number of furan rings is 1. The number of hydrogen-bond donors (Lipinski definition) is 1. The van der Waals surface area contributed by atoms with E-state index in [9.17, 15) is 10.1 Å². The second-order valence-corrected chi connectivity index (χ2v) is 7.12. The minimum atomic E-state index is -0.505. The second-order valence-electron chi connectivity index (χ2n) is 6.27. The van der Waals surface area contributed by atoms with Crippen LogP contribution in [0.15, 0.2) is 70.9 Å². The highest BCUT2D eigenvalue weighted by Crippen LogP contribution is 2.26. The van der Waals surface area contributed by atoms with E-state index in [1.807, 2.05) is 6.07 Å². The van der Waals surface area contributed by atoms with Gasteiger partial charge in [0.25, 0.3) is 5.91 Å². The van der Waals surface area contributed by atoms with Crippen molar-refractivity contribution in [3.05, 3.63) is 87.8 Å². The maximum absolute atomic E-state index is 12.2. The van der Waals surface area contributed by atoms with E-state index in [0.717, 1.165) is 0 Å². The Balaban J connectivity index is 1.53. The fourth-order valence-corrected chi connectivity index (χ4v) is 2.93. The van der Waals surface area contributed by atoms with E-state index >= 15 is 0 Å². The summed E-state index contributed by atoms with van der Waals surface area (Å²) in [6.45, 7) is 0.806. The van der Waals surface area contributed by atoms with Gasteiger partial charge in [0.2, 0.25) is 0 Å². The molecule has 1 N–H and O–H groups in total. The third-order valence-electron chi connectivity index (χ3n) is 4.06. The number of nitrogens with zero attached hydrogens (tertiary/aromatic N) is 1. The summed E-state index contributed by atoms with van der Waals surface area (Å²) < 4.78 is 16.4. The highest BCUT2D eigenvalue weighted by Gasteiger charge is 2.10. The molecule has 2 aromatic carbocycles. The molecule has 0 atom stereocenters. The average Bonchev–Trinajstić information content (AvgIpc) is 3.29. The number of hydrogen-bond acceptors (Lipinski definition) is 5. The number of carbonyl (C=O) groups is 1. The van der Waals surface area contributed by atoms with Crippen molar-refractivity contribution in [3.8, 4) is 17.6 Å². The Morgan fingerprint density at radius 2 is 1.87 bits per heavy atom. The summed E-state index contributed by atoms with van der Waals surface area (Å²) in [5.41, 5.74) is 0.548. The summed E-state index contributed by atoms with van der Waals surface area (Å²) in [5.74, 6) is 1.25. The molecule has 1 amide bonds. The van der Waals surface area contributed by atoms with Crippen LogP contribution in [-0.4, -0.2) is 19.1 Å². The van der Waals surface area contributed by atoms with Gasteiger partial charge in [0.1, 0.15) is 42.1 Å². The lowest BCUT2D eigenvalue weighted by molar-refractivity contribution is -0.117. The van der Waals surface area contributed by atoms with E-state index in [0.29, 0.717) is 39.5 Å². The molecule has 0 saturated heterocycles. The highest BCUT2D eigenvalue weighted by atomic mass is 35.5. The summed E-state index contributed by atoms with van der Waals surface area (Å²) in [6.07, 6.45) is 2.97. The minimum Gasteiger partial charge on any atom is -0.490 e. The number of halogens is 2. The minimum absolute atomic E-state index is 0.0485. The maximum Gasteiger partial charge on any atom is 0.262 e. The van der Waals surface area contributed by atoms with Crippen molar-refractivity contribution in [2.75, 3.05) is 13.2 Å². The highest BCUT2D eigenvalue weighted by molar-refractivity contribution is 6.32.